The van der Waals surface area contributed by atoms with Crippen LogP contribution in [0.1, 0.15) is 87.7 Å². The monoisotopic (exact) mass is 329 g/mol. The van der Waals surface area contributed by atoms with Gasteiger partial charge in [-0.25, -0.2) is 4.98 Å². The highest BCUT2D eigenvalue weighted by Crippen LogP contribution is 2.41. The van der Waals surface area contributed by atoms with E-state index in [0.29, 0.717) is 23.8 Å². The zero-order valence-corrected chi connectivity index (χ0v) is 15.0. The smallest absolute Gasteiger partial charge is 0.222 e. The molecule has 2 heterocycles. The largest absolute Gasteiger partial charge is 0.343 e. The van der Waals surface area contributed by atoms with Gasteiger partial charge in [0.25, 0.3) is 0 Å². The van der Waals surface area contributed by atoms with Gasteiger partial charge < -0.3 is 9.47 Å². The van der Waals surface area contributed by atoms with Gasteiger partial charge in [-0.2, -0.15) is 0 Å². The summed E-state index contributed by atoms with van der Waals surface area (Å²) in [6, 6.07) is 0.543. The highest BCUT2D eigenvalue weighted by Gasteiger charge is 2.33. The lowest BCUT2D eigenvalue weighted by Crippen LogP contribution is -2.40. The number of carbonyl (C=O) groups is 1. The van der Waals surface area contributed by atoms with Gasteiger partial charge in [0.15, 0.2) is 0 Å². The summed E-state index contributed by atoms with van der Waals surface area (Å²) in [6.45, 7) is 4.04. The Morgan fingerprint density at radius 3 is 2.46 bits per heavy atom. The maximum Gasteiger partial charge on any atom is 0.222 e. The molecule has 0 unspecified atom stereocenters. The van der Waals surface area contributed by atoms with E-state index in [1.165, 1.54) is 56.5 Å². The van der Waals surface area contributed by atoms with Crippen molar-refractivity contribution >= 4 is 5.91 Å². The molecule has 0 N–H and O–H groups in total. The number of carbonyl (C=O) groups excluding carboxylic acids is 1. The number of rotatable bonds is 4. The normalized spacial score (nSPS) is 23.6. The van der Waals surface area contributed by atoms with Gasteiger partial charge in [-0.3, -0.25) is 4.79 Å². The van der Waals surface area contributed by atoms with E-state index in [2.05, 4.69) is 21.4 Å². The predicted molar refractivity (Wildman–Crippen MR) is 95.0 cm³/mol. The zero-order valence-electron chi connectivity index (χ0n) is 15.0. The molecule has 1 amide bonds. The lowest BCUT2D eigenvalue weighted by atomic mass is 9.86. The van der Waals surface area contributed by atoms with Gasteiger partial charge in [-0.1, -0.05) is 19.3 Å². The van der Waals surface area contributed by atoms with Crippen LogP contribution in [0.2, 0.25) is 0 Å². The summed E-state index contributed by atoms with van der Waals surface area (Å²) in [7, 11) is 0. The lowest BCUT2D eigenvalue weighted by molar-refractivity contribution is -0.133. The number of hydrogen-bond acceptors (Lipinski definition) is 2. The number of aryl methyl sites for hydroxylation is 1. The quantitative estimate of drug-likeness (QED) is 0.830. The first-order valence-electron chi connectivity index (χ1n) is 10.0. The molecule has 4 rings (SSSR count). The highest BCUT2D eigenvalue weighted by molar-refractivity contribution is 5.76. The lowest BCUT2D eigenvalue weighted by Gasteiger charge is -2.35. The number of piperidine rings is 1. The molecule has 1 aromatic rings. The average Bonchev–Trinajstić information content (AvgIpc) is 3.38. The van der Waals surface area contributed by atoms with Crippen LogP contribution < -0.4 is 0 Å². The van der Waals surface area contributed by atoms with Crippen LogP contribution in [-0.4, -0.2) is 33.4 Å². The highest BCUT2D eigenvalue weighted by atomic mass is 16.2. The average molecular weight is 329 g/mol. The van der Waals surface area contributed by atoms with E-state index in [-0.39, 0.29) is 0 Å². The summed E-state index contributed by atoms with van der Waals surface area (Å²) < 4.78 is 2.49. The molecule has 0 atom stereocenters. The van der Waals surface area contributed by atoms with Crippen LogP contribution in [0.5, 0.6) is 0 Å². The van der Waals surface area contributed by atoms with Gasteiger partial charge in [0.1, 0.15) is 5.82 Å². The standard InChI is InChI=1S/C20H31N3O/c1-15-14-21-20(17-7-8-17)23(15)18-9-11-22(12-10-18)19(24)13-16-5-3-2-4-6-16/h14,16-18H,2-13H2,1H3. The third-order valence-corrected chi connectivity index (χ3v) is 6.32. The number of likely N-dealkylation sites (tertiary alicyclic amines) is 1. The van der Waals surface area contributed by atoms with E-state index in [0.717, 1.165) is 32.4 Å². The van der Waals surface area contributed by atoms with E-state index >= 15 is 0 Å². The Balaban J connectivity index is 1.33. The van der Waals surface area contributed by atoms with Crippen LogP contribution >= 0.6 is 0 Å². The van der Waals surface area contributed by atoms with Crippen molar-refractivity contribution in [1.29, 1.82) is 0 Å². The first-order chi connectivity index (χ1) is 11.7. The van der Waals surface area contributed by atoms with Crippen molar-refractivity contribution < 1.29 is 4.79 Å². The van der Waals surface area contributed by atoms with Crippen LogP contribution in [-0.2, 0) is 4.79 Å². The Kier molecular flexibility index (Phi) is 4.64. The Morgan fingerprint density at radius 1 is 1.08 bits per heavy atom. The van der Waals surface area contributed by atoms with E-state index in [1.807, 2.05) is 6.20 Å². The van der Waals surface area contributed by atoms with Crippen LogP contribution in [0.4, 0.5) is 0 Å². The second-order valence-electron chi connectivity index (χ2n) is 8.22. The summed E-state index contributed by atoms with van der Waals surface area (Å²) in [5.41, 5.74) is 1.30. The summed E-state index contributed by atoms with van der Waals surface area (Å²) in [5, 5.41) is 0. The van der Waals surface area contributed by atoms with Crippen LogP contribution in [0.3, 0.4) is 0 Å². The number of nitrogens with zero attached hydrogens (tertiary/aromatic N) is 3. The van der Waals surface area contributed by atoms with Gasteiger partial charge >= 0.3 is 0 Å². The third-order valence-electron chi connectivity index (χ3n) is 6.32. The van der Waals surface area contributed by atoms with Crippen molar-refractivity contribution in [2.24, 2.45) is 5.92 Å². The molecule has 0 radical (unpaired) electrons. The van der Waals surface area contributed by atoms with E-state index in [4.69, 9.17) is 0 Å². The summed E-state index contributed by atoms with van der Waals surface area (Å²) in [5.74, 6) is 3.07. The first kappa shape index (κ1) is 16.2. The molecule has 24 heavy (non-hydrogen) atoms. The van der Waals surface area contributed by atoms with Gasteiger partial charge in [0.2, 0.25) is 5.91 Å². The molecule has 2 saturated carbocycles. The molecular formula is C20H31N3O. The Labute approximate surface area is 145 Å². The molecule has 3 aliphatic rings. The fourth-order valence-electron chi connectivity index (χ4n) is 4.72. The Bertz CT molecular complexity index is 576. The molecule has 3 fully saturated rings. The third kappa shape index (κ3) is 3.38. The molecule has 0 aromatic carbocycles. The molecule has 1 saturated heterocycles. The maximum atomic E-state index is 12.6. The molecule has 4 heteroatoms. The molecule has 0 bridgehead atoms. The minimum Gasteiger partial charge on any atom is -0.343 e. The summed E-state index contributed by atoms with van der Waals surface area (Å²) in [6.07, 6.45) is 14.2. The van der Waals surface area contributed by atoms with E-state index in [9.17, 15) is 4.79 Å². The van der Waals surface area contributed by atoms with Crippen molar-refractivity contribution in [1.82, 2.24) is 14.5 Å². The first-order valence-corrected chi connectivity index (χ1v) is 10.0. The van der Waals surface area contributed by atoms with Crippen molar-refractivity contribution in [2.75, 3.05) is 13.1 Å². The van der Waals surface area contributed by atoms with E-state index in [1.54, 1.807) is 0 Å². The van der Waals surface area contributed by atoms with Gasteiger partial charge in [-0.15, -0.1) is 0 Å². The van der Waals surface area contributed by atoms with Crippen molar-refractivity contribution in [3.63, 3.8) is 0 Å². The number of imidazole rings is 1. The maximum absolute atomic E-state index is 12.6. The fraction of sp³-hybridized carbons (Fsp3) is 0.800. The second-order valence-corrected chi connectivity index (χ2v) is 8.22. The molecule has 1 aromatic heterocycles. The molecule has 0 spiro atoms. The van der Waals surface area contributed by atoms with Gasteiger partial charge in [0.05, 0.1) is 0 Å². The zero-order chi connectivity index (χ0) is 16.5. The van der Waals surface area contributed by atoms with Crippen LogP contribution in [0, 0.1) is 12.8 Å². The van der Waals surface area contributed by atoms with Crippen LogP contribution in [0.25, 0.3) is 0 Å². The van der Waals surface area contributed by atoms with Crippen molar-refractivity contribution in [2.45, 2.75) is 83.1 Å². The molecule has 4 nitrogen and oxygen atoms in total. The summed E-state index contributed by atoms with van der Waals surface area (Å²) in [4.78, 5) is 19.4. The Hall–Kier alpha value is -1.32. The SMILES string of the molecule is Cc1cnc(C2CC2)n1C1CCN(C(=O)CC2CCCCC2)CC1. The number of hydrogen-bond donors (Lipinski definition) is 0. The van der Waals surface area contributed by atoms with Crippen molar-refractivity contribution in [3.05, 3.63) is 17.7 Å². The van der Waals surface area contributed by atoms with Crippen LogP contribution in [0.15, 0.2) is 6.20 Å². The summed E-state index contributed by atoms with van der Waals surface area (Å²) >= 11 is 0. The topological polar surface area (TPSA) is 38.1 Å². The minimum atomic E-state index is 0.408. The number of aromatic nitrogens is 2. The van der Waals surface area contributed by atoms with Gasteiger partial charge in [-0.05, 0) is 51.4 Å². The number of amides is 1. The molecule has 2 aliphatic carbocycles. The molecule has 1 aliphatic heterocycles. The van der Waals surface area contributed by atoms with Crippen molar-refractivity contribution in [3.8, 4) is 0 Å². The minimum absolute atomic E-state index is 0.408. The predicted octanol–water partition coefficient (Wildman–Crippen LogP) is 4.20. The fourth-order valence-corrected chi connectivity index (χ4v) is 4.72. The van der Waals surface area contributed by atoms with E-state index < -0.39 is 0 Å². The molecule has 132 valence electrons. The second kappa shape index (κ2) is 6.89. The van der Waals surface area contributed by atoms with Gasteiger partial charge in [0, 0.05) is 43.4 Å². The molecular weight excluding hydrogens is 298 g/mol. The Morgan fingerprint density at radius 2 is 1.79 bits per heavy atom.